The van der Waals surface area contributed by atoms with Gasteiger partial charge in [-0.1, -0.05) is 27.7 Å². The molecule has 2 N–H and O–H groups in total. The highest BCUT2D eigenvalue weighted by Gasteiger charge is 2.36. The minimum atomic E-state index is -2.89. The average molecular weight is 289 g/mol. The predicted octanol–water partition coefficient (Wildman–Crippen LogP) is 3.14. The number of sulfone groups is 1. The van der Waals surface area contributed by atoms with Gasteiger partial charge in [-0.3, -0.25) is 0 Å². The van der Waals surface area contributed by atoms with Crippen molar-refractivity contribution >= 4 is 9.84 Å². The van der Waals surface area contributed by atoms with E-state index in [-0.39, 0.29) is 11.3 Å². The summed E-state index contributed by atoms with van der Waals surface area (Å²) in [5.74, 6) is 1.28. The van der Waals surface area contributed by atoms with Crippen molar-refractivity contribution in [1.29, 1.82) is 0 Å². The maximum Gasteiger partial charge on any atom is 0.150 e. The number of rotatable bonds is 5. The molecule has 1 aliphatic carbocycles. The lowest BCUT2D eigenvalue weighted by Crippen LogP contribution is -2.46. The fourth-order valence-corrected chi connectivity index (χ4v) is 4.62. The Morgan fingerprint density at radius 2 is 1.68 bits per heavy atom. The molecule has 0 radical (unpaired) electrons. The smallest absolute Gasteiger partial charge is 0.150 e. The molecular weight excluding hydrogens is 258 g/mol. The van der Waals surface area contributed by atoms with Crippen molar-refractivity contribution in [3.8, 4) is 0 Å². The van der Waals surface area contributed by atoms with Crippen LogP contribution in [-0.2, 0) is 9.84 Å². The molecule has 1 saturated carbocycles. The van der Waals surface area contributed by atoms with Crippen molar-refractivity contribution in [3.63, 3.8) is 0 Å². The summed E-state index contributed by atoms with van der Waals surface area (Å²) in [5, 5.41) is 0. The van der Waals surface area contributed by atoms with E-state index in [2.05, 4.69) is 20.8 Å². The van der Waals surface area contributed by atoms with Crippen LogP contribution >= 0.6 is 0 Å². The van der Waals surface area contributed by atoms with Gasteiger partial charge in [0.2, 0.25) is 0 Å². The summed E-state index contributed by atoms with van der Waals surface area (Å²) in [5.41, 5.74) is 6.50. The third kappa shape index (κ3) is 5.42. The van der Waals surface area contributed by atoms with Crippen LogP contribution in [0, 0.1) is 11.3 Å². The molecule has 0 aromatic carbocycles. The van der Waals surface area contributed by atoms with Crippen LogP contribution in [0.2, 0.25) is 0 Å². The van der Waals surface area contributed by atoms with E-state index in [9.17, 15) is 8.42 Å². The monoisotopic (exact) mass is 289 g/mol. The molecule has 1 aliphatic rings. The molecule has 19 heavy (non-hydrogen) atoms. The first-order valence-corrected chi connectivity index (χ1v) is 9.39. The Morgan fingerprint density at radius 1 is 1.16 bits per heavy atom. The fraction of sp³-hybridized carbons (Fsp3) is 1.00. The van der Waals surface area contributed by atoms with E-state index in [0.29, 0.717) is 24.0 Å². The standard InChI is InChI=1S/C15H31NO2S/c1-5-11-19(17,18)12-10-15(16)8-6-13(7-9-15)14(2,3)4/h13H,5-12,16H2,1-4H3. The molecule has 0 aromatic rings. The first-order valence-electron chi connectivity index (χ1n) is 7.57. The van der Waals surface area contributed by atoms with E-state index >= 15 is 0 Å². The summed E-state index contributed by atoms with van der Waals surface area (Å²) >= 11 is 0. The predicted molar refractivity (Wildman–Crippen MR) is 81.9 cm³/mol. The molecule has 0 heterocycles. The van der Waals surface area contributed by atoms with Crippen LogP contribution in [0.15, 0.2) is 0 Å². The van der Waals surface area contributed by atoms with E-state index in [1.54, 1.807) is 0 Å². The first-order chi connectivity index (χ1) is 8.58. The molecule has 0 amide bonds. The summed E-state index contributed by atoms with van der Waals surface area (Å²) in [6, 6.07) is 0. The second-order valence-corrected chi connectivity index (χ2v) is 9.71. The van der Waals surface area contributed by atoms with Gasteiger partial charge in [-0.25, -0.2) is 8.42 Å². The number of nitrogens with two attached hydrogens (primary N) is 1. The second-order valence-electron chi connectivity index (χ2n) is 7.40. The van der Waals surface area contributed by atoms with Gasteiger partial charge in [0.15, 0.2) is 0 Å². The van der Waals surface area contributed by atoms with Crippen LogP contribution in [0.1, 0.15) is 66.2 Å². The molecule has 0 saturated heterocycles. The van der Waals surface area contributed by atoms with E-state index in [1.165, 1.54) is 0 Å². The average Bonchev–Trinajstić information content (AvgIpc) is 2.26. The van der Waals surface area contributed by atoms with Gasteiger partial charge < -0.3 is 5.73 Å². The highest BCUT2D eigenvalue weighted by atomic mass is 32.2. The van der Waals surface area contributed by atoms with Crippen molar-refractivity contribution in [2.45, 2.75) is 71.8 Å². The highest BCUT2D eigenvalue weighted by molar-refractivity contribution is 7.91. The number of hydrogen-bond acceptors (Lipinski definition) is 3. The van der Waals surface area contributed by atoms with E-state index in [4.69, 9.17) is 5.73 Å². The van der Waals surface area contributed by atoms with Gasteiger partial charge in [0.25, 0.3) is 0 Å². The van der Waals surface area contributed by atoms with Crippen LogP contribution < -0.4 is 5.73 Å². The maximum atomic E-state index is 11.8. The van der Waals surface area contributed by atoms with Gasteiger partial charge in [-0.05, 0) is 49.9 Å². The Kier molecular flexibility index (Phi) is 5.47. The van der Waals surface area contributed by atoms with Crippen LogP contribution in [-0.4, -0.2) is 25.5 Å². The van der Waals surface area contributed by atoms with Crippen molar-refractivity contribution in [1.82, 2.24) is 0 Å². The van der Waals surface area contributed by atoms with E-state index < -0.39 is 9.84 Å². The molecule has 0 aliphatic heterocycles. The molecule has 4 heteroatoms. The zero-order valence-corrected chi connectivity index (χ0v) is 13.9. The first kappa shape index (κ1) is 17.0. The largest absolute Gasteiger partial charge is 0.325 e. The van der Waals surface area contributed by atoms with Crippen molar-refractivity contribution < 1.29 is 8.42 Å². The molecule has 114 valence electrons. The maximum absolute atomic E-state index is 11.8. The molecule has 1 fully saturated rings. The molecule has 0 atom stereocenters. The van der Waals surface area contributed by atoms with Crippen molar-refractivity contribution in [2.24, 2.45) is 17.1 Å². The third-order valence-electron chi connectivity index (χ3n) is 4.63. The lowest BCUT2D eigenvalue weighted by atomic mass is 9.67. The number of hydrogen-bond donors (Lipinski definition) is 1. The summed E-state index contributed by atoms with van der Waals surface area (Å²) in [7, 11) is -2.89. The zero-order chi connectivity index (χ0) is 14.7. The van der Waals surface area contributed by atoms with Crippen molar-refractivity contribution in [2.75, 3.05) is 11.5 Å². The Balaban J connectivity index is 2.49. The van der Waals surface area contributed by atoms with Crippen LogP contribution in [0.25, 0.3) is 0 Å². The van der Waals surface area contributed by atoms with E-state index in [1.807, 2.05) is 6.92 Å². The summed E-state index contributed by atoms with van der Waals surface area (Å²) in [6.07, 6.45) is 5.53. The quantitative estimate of drug-likeness (QED) is 0.846. The van der Waals surface area contributed by atoms with Gasteiger partial charge in [-0.15, -0.1) is 0 Å². The Bertz CT molecular complexity index is 373. The minimum absolute atomic E-state index is 0.247. The molecule has 0 bridgehead atoms. The highest BCUT2D eigenvalue weighted by Crippen LogP contribution is 2.41. The zero-order valence-electron chi connectivity index (χ0n) is 13.0. The van der Waals surface area contributed by atoms with Gasteiger partial charge in [0, 0.05) is 11.3 Å². The van der Waals surface area contributed by atoms with Gasteiger partial charge >= 0.3 is 0 Å². The second kappa shape index (κ2) is 6.13. The Hall–Kier alpha value is -0.0900. The minimum Gasteiger partial charge on any atom is -0.325 e. The molecular formula is C15H31NO2S. The molecule has 3 nitrogen and oxygen atoms in total. The van der Waals surface area contributed by atoms with Gasteiger partial charge in [0.1, 0.15) is 9.84 Å². The Morgan fingerprint density at radius 3 is 2.11 bits per heavy atom. The third-order valence-corrected chi connectivity index (χ3v) is 6.49. The summed E-state index contributed by atoms with van der Waals surface area (Å²) in [4.78, 5) is 0. The summed E-state index contributed by atoms with van der Waals surface area (Å²) in [6.45, 7) is 8.76. The summed E-state index contributed by atoms with van der Waals surface area (Å²) < 4.78 is 23.6. The Labute approximate surface area is 119 Å². The van der Waals surface area contributed by atoms with Gasteiger partial charge in [0.05, 0.1) is 5.75 Å². The van der Waals surface area contributed by atoms with Crippen LogP contribution in [0.5, 0.6) is 0 Å². The topological polar surface area (TPSA) is 60.2 Å². The molecule has 0 unspecified atom stereocenters. The SMILES string of the molecule is CCCS(=O)(=O)CCC1(N)CCC(C(C)(C)C)CC1. The van der Waals surface area contributed by atoms with E-state index in [0.717, 1.165) is 31.6 Å². The fourth-order valence-electron chi connectivity index (χ4n) is 3.08. The van der Waals surface area contributed by atoms with Gasteiger partial charge in [-0.2, -0.15) is 0 Å². The molecule has 0 aromatic heterocycles. The lowest BCUT2D eigenvalue weighted by Gasteiger charge is -2.42. The van der Waals surface area contributed by atoms with Crippen LogP contribution in [0.3, 0.4) is 0 Å². The normalized spacial score (nSPS) is 29.4. The van der Waals surface area contributed by atoms with Crippen LogP contribution in [0.4, 0.5) is 0 Å². The van der Waals surface area contributed by atoms with Crippen molar-refractivity contribution in [3.05, 3.63) is 0 Å². The molecule has 0 spiro atoms. The lowest BCUT2D eigenvalue weighted by molar-refractivity contribution is 0.132. The molecule has 1 rings (SSSR count).